The summed E-state index contributed by atoms with van der Waals surface area (Å²) in [4.78, 5) is 22.9. The van der Waals surface area contributed by atoms with Gasteiger partial charge in [-0.05, 0) is 26.1 Å². The summed E-state index contributed by atoms with van der Waals surface area (Å²) in [6, 6.07) is 5.35. The van der Waals surface area contributed by atoms with Gasteiger partial charge in [-0.3, -0.25) is 9.59 Å². The maximum absolute atomic E-state index is 11.7. The van der Waals surface area contributed by atoms with Crippen molar-refractivity contribution in [1.82, 2.24) is 4.72 Å². The van der Waals surface area contributed by atoms with Gasteiger partial charge in [-0.1, -0.05) is 12.1 Å². The molecule has 0 spiro atoms. The van der Waals surface area contributed by atoms with Crippen LogP contribution in [0, 0.1) is 0 Å². The van der Waals surface area contributed by atoms with E-state index in [2.05, 4.69) is 9.46 Å². The molecular formula is C12H15NO5S. The van der Waals surface area contributed by atoms with E-state index in [0.717, 1.165) is 0 Å². The van der Waals surface area contributed by atoms with E-state index in [1.807, 2.05) is 0 Å². The van der Waals surface area contributed by atoms with Gasteiger partial charge >= 0.3 is 5.97 Å². The van der Waals surface area contributed by atoms with Crippen LogP contribution in [0.2, 0.25) is 0 Å². The molecule has 6 nitrogen and oxygen atoms in total. The van der Waals surface area contributed by atoms with E-state index in [0.29, 0.717) is 0 Å². The molecule has 0 fully saturated rings. The Kier molecular flexibility index (Phi) is 5.20. The molecule has 0 aliphatic carbocycles. The fraction of sp³-hybridized carbons (Fsp3) is 0.333. The lowest BCUT2D eigenvalue weighted by Gasteiger charge is -2.04. The summed E-state index contributed by atoms with van der Waals surface area (Å²) in [7, 11) is -2.22. The van der Waals surface area contributed by atoms with Gasteiger partial charge in [0.1, 0.15) is 6.42 Å². The number of nitrogens with one attached hydrogen (secondary N) is 1. The zero-order valence-electron chi connectivity index (χ0n) is 10.7. The van der Waals surface area contributed by atoms with Gasteiger partial charge in [-0.15, -0.1) is 0 Å². The Hall–Kier alpha value is -1.73. The summed E-state index contributed by atoms with van der Waals surface area (Å²) in [5.41, 5.74) is 0.267. The van der Waals surface area contributed by atoms with Crippen molar-refractivity contribution in [2.24, 2.45) is 0 Å². The number of benzene rings is 1. The number of hydrogen-bond acceptors (Lipinski definition) is 5. The first kappa shape index (κ1) is 15.3. The number of carbonyl (C=O) groups is 2. The first-order valence-corrected chi connectivity index (χ1v) is 7.11. The summed E-state index contributed by atoms with van der Waals surface area (Å²) < 4.78 is 29.8. The third kappa shape index (κ3) is 4.15. The Morgan fingerprint density at radius 1 is 1.21 bits per heavy atom. The molecule has 0 aromatic heterocycles. The molecule has 1 N–H and O–H groups in total. The Bertz CT molecular complexity index is 562. The van der Waals surface area contributed by atoms with Gasteiger partial charge in [0.25, 0.3) is 0 Å². The molecule has 1 aromatic rings. The van der Waals surface area contributed by atoms with E-state index in [1.54, 1.807) is 6.92 Å². The Balaban J connectivity index is 2.82. The number of rotatable bonds is 6. The molecule has 1 aromatic carbocycles. The van der Waals surface area contributed by atoms with Crippen LogP contribution in [-0.4, -0.2) is 33.8 Å². The Morgan fingerprint density at radius 3 is 2.26 bits per heavy atom. The van der Waals surface area contributed by atoms with Gasteiger partial charge in [-0.25, -0.2) is 13.1 Å². The highest BCUT2D eigenvalue weighted by molar-refractivity contribution is 7.89. The van der Waals surface area contributed by atoms with Gasteiger partial charge in [0.15, 0.2) is 5.78 Å². The molecule has 104 valence electrons. The predicted molar refractivity (Wildman–Crippen MR) is 68.3 cm³/mol. The number of Topliss-reactive ketones (excluding diaryl/α,β-unsaturated/α-hetero) is 1. The first-order valence-electron chi connectivity index (χ1n) is 5.63. The second-order valence-electron chi connectivity index (χ2n) is 3.64. The van der Waals surface area contributed by atoms with Crippen LogP contribution < -0.4 is 4.72 Å². The maximum Gasteiger partial charge on any atom is 0.313 e. The van der Waals surface area contributed by atoms with E-state index in [9.17, 15) is 18.0 Å². The van der Waals surface area contributed by atoms with E-state index in [-0.39, 0.29) is 23.5 Å². The SMILES string of the molecule is CCOC(=O)CC(=O)c1ccc(S(=O)(=O)NC)cc1. The first-order chi connectivity index (χ1) is 8.90. The van der Waals surface area contributed by atoms with Gasteiger partial charge in [0.2, 0.25) is 10.0 Å². The standard InChI is InChI=1S/C12H15NO5S/c1-3-18-12(15)8-11(14)9-4-6-10(7-5-9)19(16,17)13-2/h4-7,13H,3,8H2,1-2H3. The number of hydrogen-bond donors (Lipinski definition) is 1. The van der Waals surface area contributed by atoms with Crippen molar-refractivity contribution in [2.45, 2.75) is 18.2 Å². The van der Waals surface area contributed by atoms with Crippen molar-refractivity contribution in [3.63, 3.8) is 0 Å². The van der Waals surface area contributed by atoms with Crippen LogP contribution in [0.15, 0.2) is 29.2 Å². The molecule has 0 unspecified atom stereocenters. The number of carbonyl (C=O) groups excluding carboxylic acids is 2. The summed E-state index contributed by atoms with van der Waals surface area (Å²) in [6.45, 7) is 1.87. The zero-order valence-corrected chi connectivity index (χ0v) is 11.5. The van der Waals surface area contributed by atoms with E-state index in [1.165, 1.54) is 31.3 Å². The molecule has 1 rings (SSSR count). The summed E-state index contributed by atoms with van der Waals surface area (Å²) >= 11 is 0. The normalized spacial score (nSPS) is 11.1. The van der Waals surface area contributed by atoms with Crippen LogP contribution in [0.4, 0.5) is 0 Å². The lowest BCUT2D eigenvalue weighted by atomic mass is 10.1. The van der Waals surface area contributed by atoms with E-state index < -0.39 is 21.8 Å². The molecule has 0 radical (unpaired) electrons. The smallest absolute Gasteiger partial charge is 0.313 e. The molecule has 0 saturated heterocycles. The monoisotopic (exact) mass is 285 g/mol. The van der Waals surface area contributed by atoms with Crippen LogP contribution in [0.1, 0.15) is 23.7 Å². The minimum atomic E-state index is -3.53. The number of sulfonamides is 1. The van der Waals surface area contributed by atoms with Gasteiger partial charge < -0.3 is 4.74 Å². The second-order valence-corrected chi connectivity index (χ2v) is 5.52. The molecule has 0 bridgehead atoms. The van der Waals surface area contributed by atoms with Gasteiger partial charge in [-0.2, -0.15) is 0 Å². The zero-order chi connectivity index (χ0) is 14.5. The van der Waals surface area contributed by atoms with Crippen LogP contribution in [0.5, 0.6) is 0 Å². The summed E-state index contributed by atoms with van der Waals surface area (Å²) in [6.07, 6.45) is -0.355. The quantitative estimate of drug-likeness (QED) is 0.473. The third-order valence-electron chi connectivity index (χ3n) is 2.37. The van der Waals surface area contributed by atoms with Crippen molar-refractivity contribution in [3.8, 4) is 0 Å². The van der Waals surface area contributed by atoms with E-state index in [4.69, 9.17) is 0 Å². The Morgan fingerprint density at radius 2 is 1.79 bits per heavy atom. The number of ketones is 1. The molecule has 0 heterocycles. The van der Waals surface area contributed by atoms with Crippen molar-refractivity contribution in [2.75, 3.05) is 13.7 Å². The minimum Gasteiger partial charge on any atom is -0.466 e. The van der Waals surface area contributed by atoms with E-state index >= 15 is 0 Å². The van der Waals surface area contributed by atoms with Crippen LogP contribution in [0.25, 0.3) is 0 Å². The molecule has 0 saturated carbocycles. The average molecular weight is 285 g/mol. The number of esters is 1. The lowest BCUT2D eigenvalue weighted by molar-refractivity contribution is -0.141. The summed E-state index contributed by atoms with van der Waals surface area (Å²) in [5.74, 6) is -1.01. The molecule has 19 heavy (non-hydrogen) atoms. The number of ether oxygens (including phenoxy) is 1. The fourth-order valence-corrected chi connectivity index (χ4v) is 2.11. The predicted octanol–water partition coefficient (Wildman–Crippen LogP) is 0.731. The molecular weight excluding hydrogens is 270 g/mol. The van der Waals surface area contributed by atoms with Crippen molar-refractivity contribution in [1.29, 1.82) is 0 Å². The highest BCUT2D eigenvalue weighted by Gasteiger charge is 2.15. The molecule has 7 heteroatoms. The van der Waals surface area contributed by atoms with Crippen molar-refractivity contribution >= 4 is 21.8 Å². The van der Waals surface area contributed by atoms with Gasteiger partial charge in [0.05, 0.1) is 11.5 Å². The third-order valence-corrected chi connectivity index (χ3v) is 3.80. The lowest BCUT2D eigenvalue weighted by Crippen LogP contribution is -2.18. The van der Waals surface area contributed by atoms with Crippen molar-refractivity contribution < 1.29 is 22.7 Å². The second kappa shape index (κ2) is 6.44. The minimum absolute atomic E-state index is 0.0580. The van der Waals surface area contributed by atoms with Crippen LogP contribution in [-0.2, 0) is 19.6 Å². The maximum atomic E-state index is 11.7. The largest absolute Gasteiger partial charge is 0.466 e. The summed E-state index contributed by atoms with van der Waals surface area (Å²) in [5, 5.41) is 0. The highest BCUT2D eigenvalue weighted by atomic mass is 32.2. The molecule has 0 atom stereocenters. The molecule has 0 aliphatic rings. The Labute approximate surface area is 111 Å². The topological polar surface area (TPSA) is 89.5 Å². The molecule has 0 aliphatic heterocycles. The average Bonchev–Trinajstić information content (AvgIpc) is 2.39. The van der Waals surface area contributed by atoms with Crippen LogP contribution in [0.3, 0.4) is 0 Å². The molecule has 0 amide bonds. The van der Waals surface area contributed by atoms with Crippen LogP contribution >= 0.6 is 0 Å². The van der Waals surface area contributed by atoms with Gasteiger partial charge in [0, 0.05) is 5.56 Å². The highest BCUT2D eigenvalue weighted by Crippen LogP contribution is 2.11. The fourth-order valence-electron chi connectivity index (χ4n) is 1.38. The van der Waals surface area contributed by atoms with Crippen molar-refractivity contribution in [3.05, 3.63) is 29.8 Å².